The van der Waals surface area contributed by atoms with E-state index in [9.17, 15) is 26.7 Å². The van der Waals surface area contributed by atoms with Crippen molar-refractivity contribution in [2.45, 2.75) is 31.5 Å². The van der Waals surface area contributed by atoms with Gasteiger partial charge in [0, 0.05) is 31.8 Å². The first kappa shape index (κ1) is 24.6. The minimum absolute atomic E-state index is 0.00344. The van der Waals surface area contributed by atoms with Gasteiger partial charge in [0.2, 0.25) is 0 Å². The summed E-state index contributed by atoms with van der Waals surface area (Å²) in [6, 6.07) is 8.32. The Labute approximate surface area is 198 Å². The maximum absolute atomic E-state index is 14.5. The van der Waals surface area contributed by atoms with E-state index in [2.05, 4.69) is 20.4 Å². The molecular weight excluding hydrogens is 471 g/mol. The van der Waals surface area contributed by atoms with Crippen molar-refractivity contribution in [1.29, 1.82) is 0 Å². The zero-order valence-corrected chi connectivity index (χ0v) is 18.9. The Bertz CT molecular complexity index is 1180. The second kappa shape index (κ2) is 9.23. The van der Waals surface area contributed by atoms with E-state index >= 15 is 0 Å². The summed E-state index contributed by atoms with van der Waals surface area (Å²) in [6.07, 6.45) is -1.90. The van der Waals surface area contributed by atoms with Gasteiger partial charge in [0.15, 0.2) is 11.4 Å². The lowest BCUT2D eigenvalue weighted by Crippen LogP contribution is -2.57. The third-order valence-electron chi connectivity index (χ3n) is 5.89. The number of likely N-dealkylation sites (tertiary alicyclic amines) is 1. The van der Waals surface area contributed by atoms with Gasteiger partial charge < -0.3 is 10.2 Å². The van der Waals surface area contributed by atoms with E-state index in [0.717, 1.165) is 16.7 Å². The van der Waals surface area contributed by atoms with Crippen LogP contribution in [0.2, 0.25) is 0 Å². The fourth-order valence-corrected chi connectivity index (χ4v) is 4.27. The molecule has 1 aliphatic heterocycles. The number of aromatic nitrogens is 4. The van der Waals surface area contributed by atoms with Gasteiger partial charge in [-0.2, -0.15) is 18.3 Å². The van der Waals surface area contributed by atoms with Crippen LogP contribution in [0.5, 0.6) is 0 Å². The molecule has 0 radical (unpaired) electrons. The van der Waals surface area contributed by atoms with E-state index in [1.54, 1.807) is 44.4 Å². The molecule has 3 heterocycles. The summed E-state index contributed by atoms with van der Waals surface area (Å²) < 4.78 is 68.7. The van der Waals surface area contributed by atoms with Gasteiger partial charge in [0.25, 0.3) is 11.8 Å². The highest BCUT2D eigenvalue weighted by Gasteiger charge is 2.46. The molecule has 186 valence electrons. The minimum Gasteiger partial charge on any atom is -0.367 e. The van der Waals surface area contributed by atoms with Crippen molar-refractivity contribution in [2.24, 2.45) is 13.0 Å². The number of amides is 1. The number of nitrogens with one attached hydrogen (secondary N) is 1. The van der Waals surface area contributed by atoms with Crippen molar-refractivity contribution in [3.8, 4) is 11.1 Å². The molecule has 1 aliphatic rings. The summed E-state index contributed by atoms with van der Waals surface area (Å²) in [5.74, 6) is -4.32. The maximum Gasteiger partial charge on any atom is 0.434 e. The Morgan fingerprint density at radius 1 is 1.17 bits per heavy atom. The highest BCUT2D eigenvalue weighted by Crippen LogP contribution is 2.36. The number of nitrogens with zero attached hydrogens (tertiary/aromatic N) is 5. The van der Waals surface area contributed by atoms with Crippen LogP contribution in [0.3, 0.4) is 0 Å². The van der Waals surface area contributed by atoms with Gasteiger partial charge in [-0.1, -0.05) is 37.3 Å². The smallest absolute Gasteiger partial charge is 0.367 e. The van der Waals surface area contributed by atoms with Crippen LogP contribution in [0.15, 0.2) is 48.9 Å². The molecule has 35 heavy (non-hydrogen) atoms. The second-order valence-corrected chi connectivity index (χ2v) is 8.63. The fraction of sp³-hybridized carbons (Fsp3) is 0.391. The van der Waals surface area contributed by atoms with E-state index in [-0.39, 0.29) is 18.1 Å². The molecule has 1 saturated heterocycles. The number of aryl methyl sites for hydroxylation is 1. The van der Waals surface area contributed by atoms with Crippen molar-refractivity contribution in [2.75, 3.05) is 18.4 Å². The fourth-order valence-electron chi connectivity index (χ4n) is 4.27. The molecule has 0 aliphatic carbocycles. The van der Waals surface area contributed by atoms with E-state index in [1.165, 1.54) is 4.68 Å². The van der Waals surface area contributed by atoms with Crippen LogP contribution in [0.1, 0.15) is 29.5 Å². The van der Waals surface area contributed by atoms with Crippen molar-refractivity contribution in [3.63, 3.8) is 0 Å². The first-order valence-electron chi connectivity index (χ1n) is 10.9. The number of alkyl halides is 5. The van der Waals surface area contributed by atoms with Gasteiger partial charge in [0.05, 0.1) is 25.0 Å². The van der Waals surface area contributed by atoms with Crippen molar-refractivity contribution < 1.29 is 26.7 Å². The van der Waals surface area contributed by atoms with Gasteiger partial charge >= 0.3 is 6.18 Å². The molecule has 1 amide bonds. The number of hydrogen-bond acceptors (Lipinski definition) is 5. The Morgan fingerprint density at radius 2 is 1.89 bits per heavy atom. The summed E-state index contributed by atoms with van der Waals surface area (Å²) >= 11 is 0. The summed E-state index contributed by atoms with van der Waals surface area (Å²) in [7, 11) is 1.64. The number of piperidine rings is 1. The first-order valence-corrected chi connectivity index (χ1v) is 10.9. The molecule has 2 atom stereocenters. The molecule has 1 fully saturated rings. The van der Waals surface area contributed by atoms with Crippen LogP contribution in [-0.4, -0.2) is 55.6 Å². The monoisotopic (exact) mass is 494 g/mol. The molecular formula is C23H23F5N6O. The standard InChI is InChI=1S/C23H23F5N6O/c1-14-8-22(24,25)13-34(17(14)9-30-19-11-29-18(10-31-19)23(26,27)28)21(35)20-16(12-33(2)32-20)15-6-4-3-5-7-15/h3-7,10-12,14,17H,8-9,13H2,1-2H3,(H,30,31)/t14?,17-/m1/s1. The summed E-state index contributed by atoms with van der Waals surface area (Å²) in [5, 5.41) is 7.08. The normalized spacial score (nSPS) is 20.0. The van der Waals surface area contributed by atoms with Crippen molar-refractivity contribution in [3.05, 3.63) is 60.3 Å². The van der Waals surface area contributed by atoms with Gasteiger partial charge in [-0.3, -0.25) is 9.48 Å². The molecule has 0 bridgehead atoms. The van der Waals surface area contributed by atoms with Crippen LogP contribution in [-0.2, 0) is 13.2 Å². The number of hydrogen-bond donors (Lipinski definition) is 1. The predicted octanol–water partition coefficient (Wildman–Crippen LogP) is 4.49. The van der Waals surface area contributed by atoms with Gasteiger partial charge in [0.1, 0.15) is 5.82 Å². The lowest BCUT2D eigenvalue weighted by atomic mass is 9.88. The molecule has 1 aromatic carbocycles. The Hall–Kier alpha value is -3.57. The Morgan fingerprint density at radius 3 is 2.51 bits per heavy atom. The van der Waals surface area contributed by atoms with E-state index in [4.69, 9.17) is 0 Å². The second-order valence-electron chi connectivity index (χ2n) is 8.63. The number of anilines is 1. The molecule has 2 aromatic heterocycles. The highest BCUT2D eigenvalue weighted by atomic mass is 19.4. The molecule has 4 rings (SSSR count). The van der Waals surface area contributed by atoms with Crippen LogP contribution >= 0.6 is 0 Å². The highest BCUT2D eigenvalue weighted by molar-refractivity contribution is 5.99. The van der Waals surface area contributed by atoms with Gasteiger partial charge in [-0.15, -0.1) is 0 Å². The van der Waals surface area contributed by atoms with Crippen LogP contribution in [0, 0.1) is 5.92 Å². The van der Waals surface area contributed by atoms with Crippen LogP contribution in [0.4, 0.5) is 27.8 Å². The van der Waals surface area contributed by atoms with Crippen LogP contribution in [0.25, 0.3) is 11.1 Å². The van der Waals surface area contributed by atoms with Crippen molar-refractivity contribution >= 4 is 11.7 Å². The lowest BCUT2D eigenvalue weighted by molar-refractivity contribution is -0.141. The van der Waals surface area contributed by atoms with Crippen molar-refractivity contribution in [1.82, 2.24) is 24.6 Å². The molecule has 3 aromatic rings. The first-order chi connectivity index (χ1) is 16.4. The lowest BCUT2D eigenvalue weighted by Gasteiger charge is -2.43. The third-order valence-corrected chi connectivity index (χ3v) is 5.89. The average molecular weight is 494 g/mol. The number of benzene rings is 1. The number of halogens is 5. The SMILES string of the molecule is CC1CC(F)(F)CN(C(=O)c2nn(C)cc2-c2ccccc2)[C@@H]1CNc1cnc(C(F)(F)F)cn1. The molecule has 0 spiro atoms. The van der Waals surface area contributed by atoms with E-state index in [1.807, 2.05) is 6.07 Å². The zero-order chi connectivity index (χ0) is 25.4. The Kier molecular flexibility index (Phi) is 6.48. The largest absolute Gasteiger partial charge is 0.434 e. The number of carbonyl (C=O) groups excluding carboxylic acids is 1. The molecule has 1 unspecified atom stereocenters. The van der Waals surface area contributed by atoms with Gasteiger partial charge in [-0.05, 0) is 11.5 Å². The van der Waals surface area contributed by atoms with Crippen LogP contribution < -0.4 is 5.32 Å². The third kappa shape index (κ3) is 5.41. The zero-order valence-electron chi connectivity index (χ0n) is 18.9. The summed E-state index contributed by atoms with van der Waals surface area (Å²) in [6.45, 7) is 0.803. The summed E-state index contributed by atoms with van der Waals surface area (Å²) in [4.78, 5) is 21.7. The summed E-state index contributed by atoms with van der Waals surface area (Å²) in [5.41, 5.74) is 0.132. The molecule has 1 N–H and O–H groups in total. The number of carbonyl (C=O) groups is 1. The molecule has 7 nitrogen and oxygen atoms in total. The predicted molar refractivity (Wildman–Crippen MR) is 118 cm³/mol. The maximum atomic E-state index is 14.5. The molecule has 12 heteroatoms. The Balaban J connectivity index is 1.60. The van der Waals surface area contributed by atoms with E-state index in [0.29, 0.717) is 11.8 Å². The minimum atomic E-state index is -4.63. The quantitative estimate of drug-likeness (QED) is 0.529. The number of rotatable bonds is 5. The topological polar surface area (TPSA) is 75.9 Å². The molecule has 0 saturated carbocycles. The van der Waals surface area contributed by atoms with Gasteiger partial charge in [-0.25, -0.2) is 18.7 Å². The average Bonchev–Trinajstić information content (AvgIpc) is 3.19. The van der Waals surface area contributed by atoms with E-state index < -0.39 is 48.6 Å².